The van der Waals surface area contributed by atoms with E-state index in [2.05, 4.69) is 19.2 Å². The van der Waals surface area contributed by atoms with E-state index in [4.69, 9.17) is 4.74 Å². The van der Waals surface area contributed by atoms with Crippen molar-refractivity contribution in [3.05, 3.63) is 11.8 Å². The van der Waals surface area contributed by atoms with Crippen LogP contribution in [0.4, 0.5) is 0 Å². The molecule has 1 aliphatic rings. The number of hydrogen-bond donors (Lipinski definition) is 2. The van der Waals surface area contributed by atoms with Crippen molar-refractivity contribution in [2.24, 2.45) is 5.92 Å². The highest BCUT2D eigenvalue weighted by Crippen LogP contribution is 2.13. The molecule has 3 heteroatoms. The summed E-state index contributed by atoms with van der Waals surface area (Å²) in [5.41, 5.74) is 0. The normalized spacial score (nSPS) is 19.0. The molecule has 0 amide bonds. The SMILES string of the molecule is CC(C)CNCC(O)C1=CCCCO1. The van der Waals surface area contributed by atoms with Crippen LogP contribution in [-0.4, -0.2) is 30.9 Å². The molecule has 3 nitrogen and oxygen atoms in total. The van der Waals surface area contributed by atoms with Crippen LogP contribution in [0.1, 0.15) is 26.7 Å². The maximum atomic E-state index is 9.73. The summed E-state index contributed by atoms with van der Waals surface area (Å²) in [6, 6.07) is 0. The zero-order valence-electron chi connectivity index (χ0n) is 9.12. The highest BCUT2D eigenvalue weighted by atomic mass is 16.5. The number of allylic oxidation sites excluding steroid dienone is 1. The lowest BCUT2D eigenvalue weighted by Gasteiger charge is -2.20. The number of aliphatic hydroxyl groups is 1. The van der Waals surface area contributed by atoms with Crippen molar-refractivity contribution in [2.45, 2.75) is 32.8 Å². The van der Waals surface area contributed by atoms with Crippen LogP contribution in [0.3, 0.4) is 0 Å². The number of hydrogen-bond acceptors (Lipinski definition) is 3. The van der Waals surface area contributed by atoms with Crippen LogP contribution in [0.15, 0.2) is 11.8 Å². The van der Waals surface area contributed by atoms with E-state index in [9.17, 15) is 5.11 Å². The molecule has 0 aromatic rings. The average Bonchev–Trinajstić information content (AvgIpc) is 2.18. The summed E-state index contributed by atoms with van der Waals surface area (Å²) < 4.78 is 5.37. The van der Waals surface area contributed by atoms with Crippen molar-refractivity contribution in [3.63, 3.8) is 0 Å². The van der Waals surface area contributed by atoms with Gasteiger partial charge in [-0.15, -0.1) is 0 Å². The molecule has 0 aromatic heterocycles. The quantitative estimate of drug-likeness (QED) is 0.701. The predicted octanol–water partition coefficient (Wildman–Crippen LogP) is 1.29. The van der Waals surface area contributed by atoms with Gasteiger partial charge in [-0.25, -0.2) is 0 Å². The fourth-order valence-electron chi connectivity index (χ4n) is 1.42. The number of rotatable bonds is 5. The molecule has 0 radical (unpaired) electrons. The Hall–Kier alpha value is -0.540. The van der Waals surface area contributed by atoms with Crippen LogP contribution in [0.25, 0.3) is 0 Å². The standard InChI is InChI=1S/C11H21NO2/c1-9(2)7-12-8-10(13)11-5-3-4-6-14-11/h5,9-10,12-13H,3-4,6-8H2,1-2H3. The third-order valence-corrected chi connectivity index (χ3v) is 2.18. The molecule has 0 spiro atoms. The van der Waals surface area contributed by atoms with Crippen molar-refractivity contribution >= 4 is 0 Å². The Morgan fingerprint density at radius 1 is 1.50 bits per heavy atom. The lowest BCUT2D eigenvalue weighted by atomic mass is 10.1. The van der Waals surface area contributed by atoms with Gasteiger partial charge < -0.3 is 15.2 Å². The minimum Gasteiger partial charge on any atom is -0.495 e. The van der Waals surface area contributed by atoms with Gasteiger partial charge in [0.2, 0.25) is 0 Å². The van der Waals surface area contributed by atoms with Gasteiger partial charge in [0.25, 0.3) is 0 Å². The Labute approximate surface area is 86.2 Å². The lowest BCUT2D eigenvalue weighted by molar-refractivity contribution is 0.0907. The summed E-state index contributed by atoms with van der Waals surface area (Å²) in [5.74, 6) is 1.36. The van der Waals surface area contributed by atoms with E-state index in [1.165, 1.54) is 0 Å². The van der Waals surface area contributed by atoms with E-state index in [0.717, 1.165) is 31.8 Å². The molecule has 2 N–H and O–H groups in total. The summed E-state index contributed by atoms with van der Waals surface area (Å²) in [4.78, 5) is 0. The molecule has 0 bridgehead atoms. The maximum Gasteiger partial charge on any atom is 0.123 e. The molecule has 0 fully saturated rings. The highest BCUT2D eigenvalue weighted by molar-refractivity contribution is 5.02. The van der Waals surface area contributed by atoms with Gasteiger partial charge in [-0.2, -0.15) is 0 Å². The molecule has 0 aliphatic carbocycles. The van der Waals surface area contributed by atoms with Crippen LogP contribution >= 0.6 is 0 Å². The van der Waals surface area contributed by atoms with Gasteiger partial charge in [0.15, 0.2) is 0 Å². The number of nitrogens with one attached hydrogen (secondary N) is 1. The van der Waals surface area contributed by atoms with E-state index in [-0.39, 0.29) is 0 Å². The molecule has 1 unspecified atom stereocenters. The molecule has 1 rings (SSSR count). The Kier molecular flexibility index (Phi) is 4.98. The minimum atomic E-state index is -0.478. The lowest BCUT2D eigenvalue weighted by Crippen LogP contribution is -2.32. The summed E-state index contributed by atoms with van der Waals surface area (Å²) in [6.45, 7) is 6.56. The average molecular weight is 199 g/mol. The van der Waals surface area contributed by atoms with Crippen LogP contribution in [0.2, 0.25) is 0 Å². The van der Waals surface area contributed by atoms with Gasteiger partial charge in [0, 0.05) is 6.54 Å². The fraction of sp³-hybridized carbons (Fsp3) is 0.818. The summed E-state index contributed by atoms with van der Waals surface area (Å²) >= 11 is 0. The van der Waals surface area contributed by atoms with Gasteiger partial charge in [-0.1, -0.05) is 13.8 Å². The number of aliphatic hydroxyl groups excluding tert-OH is 1. The largest absolute Gasteiger partial charge is 0.495 e. The first-order valence-electron chi connectivity index (χ1n) is 5.41. The van der Waals surface area contributed by atoms with E-state index < -0.39 is 6.10 Å². The third-order valence-electron chi connectivity index (χ3n) is 2.18. The molecule has 1 aliphatic heterocycles. The Morgan fingerprint density at radius 3 is 2.86 bits per heavy atom. The van der Waals surface area contributed by atoms with Crippen molar-refractivity contribution in [3.8, 4) is 0 Å². The van der Waals surface area contributed by atoms with Gasteiger partial charge in [-0.05, 0) is 31.4 Å². The molecule has 82 valence electrons. The van der Waals surface area contributed by atoms with E-state index in [0.29, 0.717) is 12.5 Å². The van der Waals surface area contributed by atoms with Crippen molar-refractivity contribution in [1.29, 1.82) is 0 Å². The smallest absolute Gasteiger partial charge is 0.123 e. The predicted molar refractivity (Wildman–Crippen MR) is 57.0 cm³/mol. The van der Waals surface area contributed by atoms with Gasteiger partial charge in [0.1, 0.15) is 11.9 Å². The van der Waals surface area contributed by atoms with Crippen LogP contribution < -0.4 is 5.32 Å². The second kappa shape index (κ2) is 6.04. The van der Waals surface area contributed by atoms with Crippen LogP contribution in [0.5, 0.6) is 0 Å². The van der Waals surface area contributed by atoms with Crippen molar-refractivity contribution in [1.82, 2.24) is 5.32 Å². The topological polar surface area (TPSA) is 41.5 Å². The zero-order chi connectivity index (χ0) is 10.4. The van der Waals surface area contributed by atoms with E-state index in [1.54, 1.807) is 0 Å². The Bertz CT molecular complexity index is 190. The monoisotopic (exact) mass is 199 g/mol. The first-order valence-corrected chi connectivity index (χ1v) is 5.41. The summed E-state index contributed by atoms with van der Waals surface area (Å²) in [5, 5.41) is 12.9. The number of ether oxygens (including phenoxy) is 1. The third kappa shape index (κ3) is 4.11. The first-order chi connectivity index (χ1) is 6.70. The van der Waals surface area contributed by atoms with E-state index in [1.807, 2.05) is 6.08 Å². The molecule has 1 atom stereocenters. The first kappa shape index (κ1) is 11.5. The Balaban J connectivity index is 2.20. The van der Waals surface area contributed by atoms with Crippen molar-refractivity contribution < 1.29 is 9.84 Å². The highest BCUT2D eigenvalue weighted by Gasteiger charge is 2.14. The summed E-state index contributed by atoms with van der Waals surface area (Å²) in [7, 11) is 0. The van der Waals surface area contributed by atoms with Crippen LogP contribution in [0, 0.1) is 5.92 Å². The molecular weight excluding hydrogens is 178 g/mol. The van der Waals surface area contributed by atoms with Gasteiger partial charge >= 0.3 is 0 Å². The summed E-state index contributed by atoms with van der Waals surface area (Å²) in [6.07, 6.45) is 3.60. The zero-order valence-corrected chi connectivity index (χ0v) is 9.12. The van der Waals surface area contributed by atoms with Gasteiger partial charge in [0.05, 0.1) is 6.61 Å². The van der Waals surface area contributed by atoms with Crippen LogP contribution in [-0.2, 0) is 4.74 Å². The Morgan fingerprint density at radius 2 is 2.29 bits per heavy atom. The van der Waals surface area contributed by atoms with E-state index >= 15 is 0 Å². The minimum absolute atomic E-state index is 0.478. The molecule has 1 heterocycles. The molecule has 0 saturated heterocycles. The molecule has 0 saturated carbocycles. The molecular formula is C11H21NO2. The fourth-order valence-corrected chi connectivity index (χ4v) is 1.42. The van der Waals surface area contributed by atoms with Crippen molar-refractivity contribution in [2.75, 3.05) is 19.7 Å². The molecule has 14 heavy (non-hydrogen) atoms. The second-order valence-electron chi connectivity index (χ2n) is 4.17. The van der Waals surface area contributed by atoms with Gasteiger partial charge in [-0.3, -0.25) is 0 Å². The molecule has 0 aromatic carbocycles. The second-order valence-corrected chi connectivity index (χ2v) is 4.17. The maximum absolute atomic E-state index is 9.73.